The molecule has 2 aromatic rings. The minimum atomic E-state index is -0.178. The van der Waals surface area contributed by atoms with Gasteiger partial charge in [-0.3, -0.25) is 4.79 Å². The molecule has 0 aliphatic carbocycles. The van der Waals surface area contributed by atoms with E-state index in [4.69, 9.17) is 14.7 Å². The molecule has 0 aliphatic rings. The van der Waals surface area contributed by atoms with Gasteiger partial charge in [0, 0.05) is 13.2 Å². The van der Waals surface area contributed by atoms with E-state index < -0.39 is 0 Å². The Morgan fingerprint density at radius 3 is 2.54 bits per heavy atom. The van der Waals surface area contributed by atoms with Gasteiger partial charge in [0.1, 0.15) is 5.75 Å². The molecule has 0 saturated heterocycles. The highest BCUT2D eigenvalue weighted by Crippen LogP contribution is 2.11. The molecule has 24 heavy (non-hydrogen) atoms. The van der Waals surface area contributed by atoms with Gasteiger partial charge in [0.25, 0.3) is 5.91 Å². The summed E-state index contributed by atoms with van der Waals surface area (Å²) in [5, 5.41) is 11.5. The van der Waals surface area contributed by atoms with Gasteiger partial charge in [0.15, 0.2) is 6.61 Å². The van der Waals surface area contributed by atoms with Crippen LogP contribution < -0.4 is 10.1 Å². The second kappa shape index (κ2) is 10.0. The zero-order valence-electron chi connectivity index (χ0n) is 13.4. The molecule has 0 saturated carbocycles. The number of benzene rings is 2. The highest BCUT2D eigenvalue weighted by Gasteiger charge is 2.02. The van der Waals surface area contributed by atoms with Crippen LogP contribution in [0.15, 0.2) is 54.6 Å². The molecule has 1 amide bonds. The van der Waals surface area contributed by atoms with Crippen LogP contribution in [-0.2, 0) is 16.1 Å². The second-order valence-electron chi connectivity index (χ2n) is 5.17. The zero-order chi connectivity index (χ0) is 17.0. The third kappa shape index (κ3) is 6.51. The number of rotatable bonds is 9. The minimum Gasteiger partial charge on any atom is -0.484 e. The number of amides is 1. The van der Waals surface area contributed by atoms with E-state index >= 15 is 0 Å². The maximum atomic E-state index is 11.7. The highest BCUT2D eigenvalue weighted by molar-refractivity contribution is 5.77. The predicted octanol–water partition coefficient (Wildman–Crippen LogP) is 2.66. The number of ether oxygens (including phenoxy) is 2. The first-order valence-electron chi connectivity index (χ1n) is 7.79. The summed E-state index contributed by atoms with van der Waals surface area (Å²) in [6, 6.07) is 18.6. The molecule has 0 fully saturated rings. The van der Waals surface area contributed by atoms with Crippen LogP contribution in [0.2, 0.25) is 0 Å². The largest absolute Gasteiger partial charge is 0.484 e. The average Bonchev–Trinajstić information content (AvgIpc) is 2.64. The standard InChI is InChI=1S/C19H20N2O3/c20-13-16-7-9-18(10-8-16)24-15-19(22)21-11-4-12-23-14-17-5-2-1-3-6-17/h1-3,5-10H,4,11-12,14-15H2,(H,21,22). The maximum Gasteiger partial charge on any atom is 0.257 e. The number of hydrogen-bond acceptors (Lipinski definition) is 4. The molecule has 0 unspecified atom stereocenters. The summed E-state index contributed by atoms with van der Waals surface area (Å²) in [4.78, 5) is 11.7. The van der Waals surface area contributed by atoms with Crippen molar-refractivity contribution in [1.29, 1.82) is 5.26 Å². The Morgan fingerprint density at radius 1 is 1.08 bits per heavy atom. The minimum absolute atomic E-state index is 0.0449. The van der Waals surface area contributed by atoms with Gasteiger partial charge in [0.2, 0.25) is 0 Å². The normalized spacial score (nSPS) is 9.96. The number of hydrogen-bond donors (Lipinski definition) is 1. The fourth-order valence-corrected chi connectivity index (χ4v) is 1.99. The number of nitrogens with zero attached hydrogens (tertiary/aromatic N) is 1. The first-order valence-corrected chi connectivity index (χ1v) is 7.79. The Labute approximate surface area is 141 Å². The van der Waals surface area contributed by atoms with E-state index in [9.17, 15) is 4.79 Å². The van der Waals surface area contributed by atoms with E-state index in [1.807, 2.05) is 36.4 Å². The molecule has 0 atom stereocenters. The predicted molar refractivity (Wildman–Crippen MR) is 90.4 cm³/mol. The number of nitrogens with one attached hydrogen (secondary N) is 1. The lowest BCUT2D eigenvalue weighted by Gasteiger charge is -2.08. The smallest absolute Gasteiger partial charge is 0.257 e. The lowest BCUT2D eigenvalue weighted by Crippen LogP contribution is -2.30. The topological polar surface area (TPSA) is 71.3 Å². The fraction of sp³-hybridized carbons (Fsp3) is 0.263. The van der Waals surface area contributed by atoms with Crippen molar-refractivity contribution in [3.63, 3.8) is 0 Å². The van der Waals surface area contributed by atoms with E-state index in [1.165, 1.54) is 0 Å². The number of carbonyl (C=O) groups excluding carboxylic acids is 1. The summed E-state index contributed by atoms with van der Waals surface area (Å²) < 4.78 is 10.9. The monoisotopic (exact) mass is 324 g/mol. The molecule has 2 aromatic carbocycles. The molecule has 2 rings (SSSR count). The van der Waals surface area contributed by atoms with E-state index in [0.717, 1.165) is 12.0 Å². The SMILES string of the molecule is N#Cc1ccc(OCC(=O)NCCCOCc2ccccc2)cc1. The molecule has 0 aromatic heterocycles. The Bertz CT molecular complexity index is 663. The first-order chi connectivity index (χ1) is 11.8. The van der Waals surface area contributed by atoms with Gasteiger partial charge in [-0.25, -0.2) is 0 Å². The van der Waals surface area contributed by atoms with Gasteiger partial charge in [-0.1, -0.05) is 30.3 Å². The van der Waals surface area contributed by atoms with Crippen LogP contribution in [0.5, 0.6) is 5.75 Å². The van der Waals surface area contributed by atoms with Crippen LogP contribution in [0.1, 0.15) is 17.5 Å². The molecule has 1 N–H and O–H groups in total. The van der Waals surface area contributed by atoms with Crippen molar-refractivity contribution < 1.29 is 14.3 Å². The van der Waals surface area contributed by atoms with Crippen LogP contribution >= 0.6 is 0 Å². The zero-order valence-corrected chi connectivity index (χ0v) is 13.4. The Morgan fingerprint density at radius 2 is 1.83 bits per heavy atom. The van der Waals surface area contributed by atoms with E-state index in [1.54, 1.807) is 24.3 Å². The lowest BCUT2D eigenvalue weighted by molar-refractivity contribution is -0.123. The Kier molecular flexibility index (Phi) is 7.32. The van der Waals surface area contributed by atoms with Crippen LogP contribution in [0.4, 0.5) is 0 Å². The van der Waals surface area contributed by atoms with Crippen molar-refractivity contribution in [3.05, 3.63) is 65.7 Å². The van der Waals surface area contributed by atoms with Crippen molar-refractivity contribution >= 4 is 5.91 Å². The van der Waals surface area contributed by atoms with Gasteiger partial charge < -0.3 is 14.8 Å². The second-order valence-corrected chi connectivity index (χ2v) is 5.17. The van der Waals surface area contributed by atoms with E-state index in [0.29, 0.717) is 31.1 Å². The summed E-state index contributed by atoms with van der Waals surface area (Å²) in [6.45, 7) is 1.67. The van der Waals surface area contributed by atoms with Crippen LogP contribution in [0.3, 0.4) is 0 Å². The fourth-order valence-electron chi connectivity index (χ4n) is 1.99. The maximum absolute atomic E-state index is 11.7. The van der Waals surface area contributed by atoms with Gasteiger partial charge in [-0.2, -0.15) is 5.26 Å². The summed E-state index contributed by atoms with van der Waals surface area (Å²) in [6.07, 6.45) is 0.745. The van der Waals surface area contributed by atoms with Crippen molar-refractivity contribution in [2.75, 3.05) is 19.8 Å². The number of carbonyl (C=O) groups is 1. The van der Waals surface area contributed by atoms with E-state index in [-0.39, 0.29) is 12.5 Å². The molecule has 0 bridgehead atoms. The van der Waals surface area contributed by atoms with Crippen molar-refractivity contribution in [1.82, 2.24) is 5.32 Å². The molecule has 124 valence electrons. The number of nitriles is 1. The van der Waals surface area contributed by atoms with Crippen LogP contribution in [0.25, 0.3) is 0 Å². The summed E-state index contributed by atoms with van der Waals surface area (Å²) in [7, 11) is 0. The quantitative estimate of drug-likeness (QED) is 0.720. The van der Waals surface area contributed by atoms with Crippen LogP contribution in [-0.4, -0.2) is 25.7 Å². The van der Waals surface area contributed by atoms with Crippen LogP contribution in [0, 0.1) is 11.3 Å². The average molecular weight is 324 g/mol. The van der Waals surface area contributed by atoms with Crippen molar-refractivity contribution in [2.45, 2.75) is 13.0 Å². The Hall–Kier alpha value is -2.84. The summed E-state index contributed by atoms with van der Waals surface area (Å²) in [5.74, 6) is 0.387. The first kappa shape index (κ1) is 17.5. The molecule has 0 spiro atoms. The van der Waals surface area contributed by atoms with E-state index in [2.05, 4.69) is 5.32 Å². The third-order valence-corrected chi connectivity index (χ3v) is 3.25. The summed E-state index contributed by atoms with van der Waals surface area (Å²) >= 11 is 0. The van der Waals surface area contributed by atoms with Crippen molar-refractivity contribution in [3.8, 4) is 11.8 Å². The summed E-state index contributed by atoms with van der Waals surface area (Å²) in [5.41, 5.74) is 1.69. The van der Waals surface area contributed by atoms with Gasteiger partial charge in [-0.05, 0) is 36.2 Å². The van der Waals surface area contributed by atoms with Gasteiger partial charge >= 0.3 is 0 Å². The van der Waals surface area contributed by atoms with Gasteiger partial charge in [-0.15, -0.1) is 0 Å². The highest BCUT2D eigenvalue weighted by atomic mass is 16.5. The molecule has 0 radical (unpaired) electrons. The molecular formula is C19H20N2O3. The molecule has 5 heteroatoms. The molecular weight excluding hydrogens is 304 g/mol. The van der Waals surface area contributed by atoms with Gasteiger partial charge in [0.05, 0.1) is 18.2 Å². The molecule has 0 heterocycles. The molecule has 5 nitrogen and oxygen atoms in total. The molecule has 0 aliphatic heterocycles. The Balaban J connectivity index is 1.52. The lowest BCUT2D eigenvalue weighted by atomic mass is 10.2. The van der Waals surface area contributed by atoms with Crippen molar-refractivity contribution in [2.24, 2.45) is 0 Å². The third-order valence-electron chi connectivity index (χ3n) is 3.25.